The first-order valence-corrected chi connectivity index (χ1v) is 6.55. The first kappa shape index (κ1) is 16.1. The molecular formula is C13H5Cl3F3NO. The van der Waals surface area contributed by atoms with Gasteiger partial charge in [-0.25, -0.2) is 0 Å². The number of benzene rings is 1. The van der Waals surface area contributed by atoms with Crippen LogP contribution in [0.5, 0.6) is 0 Å². The number of halogens is 6. The predicted octanol–water partition coefficient (Wildman–Crippen LogP) is 5.54. The smallest absolute Gasteiger partial charge is 0.298 e. The minimum Gasteiger partial charge on any atom is -0.298 e. The van der Waals surface area contributed by atoms with E-state index in [4.69, 9.17) is 34.8 Å². The van der Waals surface area contributed by atoms with Gasteiger partial charge >= 0.3 is 6.18 Å². The molecule has 2 aromatic rings. The van der Waals surface area contributed by atoms with Gasteiger partial charge < -0.3 is 0 Å². The van der Waals surface area contributed by atoms with Gasteiger partial charge in [0.25, 0.3) is 0 Å². The van der Waals surface area contributed by atoms with Gasteiger partial charge in [-0.15, -0.1) is 0 Å². The van der Waals surface area contributed by atoms with E-state index >= 15 is 0 Å². The zero-order valence-electron chi connectivity index (χ0n) is 10.0. The number of hydrogen-bond donors (Lipinski definition) is 0. The van der Waals surface area contributed by atoms with Crippen molar-refractivity contribution in [3.63, 3.8) is 0 Å². The fourth-order valence-corrected chi connectivity index (χ4v) is 2.29. The standard InChI is InChI=1S/C13H5Cl3F3NO/c14-9-2-1-8(10(15)11(9)16)12-6(5-21)3-7(4-20-12)13(17,18)19/h1-5H. The molecule has 0 aliphatic carbocycles. The fourth-order valence-electron chi connectivity index (χ4n) is 1.66. The third kappa shape index (κ3) is 3.15. The summed E-state index contributed by atoms with van der Waals surface area (Å²) in [6, 6.07) is 3.55. The van der Waals surface area contributed by atoms with Crippen LogP contribution >= 0.6 is 34.8 Å². The van der Waals surface area contributed by atoms with Crippen molar-refractivity contribution < 1.29 is 18.0 Å². The molecule has 0 amide bonds. The summed E-state index contributed by atoms with van der Waals surface area (Å²) in [6.45, 7) is 0. The average molecular weight is 355 g/mol. The Balaban J connectivity index is 2.65. The molecule has 0 aliphatic heterocycles. The van der Waals surface area contributed by atoms with Crippen LogP contribution in [0.15, 0.2) is 24.4 Å². The van der Waals surface area contributed by atoms with Crippen LogP contribution in [-0.4, -0.2) is 11.3 Å². The van der Waals surface area contributed by atoms with E-state index in [0.29, 0.717) is 12.3 Å². The molecule has 0 fully saturated rings. The third-order valence-electron chi connectivity index (χ3n) is 2.66. The Morgan fingerprint density at radius 1 is 1.10 bits per heavy atom. The molecule has 1 heterocycles. The Labute approximate surface area is 132 Å². The normalized spacial score (nSPS) is 11.5. The Kier molecular flexibility index (Phi) is 4.46. The molecule has 0 atom stereocenters. The van der Waals surface area contributed by atoms with Crippen molar-refractivity contribution in [2.24, 2.45) is 0 Å². The fraction of sp³-hybridized carbons (Fsp3) is 0.0769. The number of nitrogens with zero attached hydrogens (tertiary/aromatic N) is 1. The van der Waals surface area contributed by atoms with Crippen LogP contribution < -0.4 is 0 Å². The Morgan fingerprint density at radius 2 is 1.76 bits per heavy atom. The highest BCUT2D eigenvalue weighted by Crippen LogP contribution is 2.39. The molecule has 2 rings (SSSR count). The molecule has 1 aromatic carbocycles. The summed E-state index contributed by atoms with van der Waals surface area (Å²) in [4.78, 5) is 14.7. The summed E-state index contributed by atoms with van der Waals surface area (Å²) < 4.78 is 37.8. The van der Waals surface area contributed by atoms with Crippen LogP contribution in [0.2, 0.25) is 15.1 Å². The molecule has 0 radical (unpaired) electrons. The van der Waals surface area contributed by atoms with E-state index in [1.165, 1.54) is 12.1 Å². The second kappa shape index (κ2) is 5.83. The first-order chi connectivity index (χ1) is 9.75. The lowest BCUT2D eigenvalue weighted by Gasteiger charge is -2.11. The van der Waals surface area contributed by atoms with E-state index < -0.39 is 11.7 Å². The van der Waals surface area contributed by atoms with Crippen LogP contribution in [0.4, 0.5) is 13.2 Å². The lowest BCUT2D eigenvalue weighted by Crippen LogP contribution is -2.07. The summed E-state index contributed by atoms with van der Waals surface area (Å²) in [5, 5.41) is 0.235. The van der Waals surface area contributed by atoms with E-state index in [1.807, 2.05) is 0 Å². The van der Waals surface area contributed by atoms with Gasteiger partial charge in [-0.05, 0) is 18.2 Å². The van der Waals surface area contributed by atoms with Crippen molar-refractivity contribution in [2.75, 3.05) is 0 Å². The number of carbonyl (C=O) groups is 1. The van der Waals surface area contributed by atoms with Gasteiger partial charge in [0.05, 0.1) is 26.3 Å². The van der Waals surface area contributed by atoms with Crippen molar-refractivity contribution in [2.45, 2.75) is 6.18 Å². The summed E-state index contributed by atoms with van der Waals surface area (Å²) in [5.41, 5.74) is -1.04. The molecule has 2 nitrogen and oxygen atoms in total. The SMILES string of the molecule is O=Cc1cc(C(F)(F)F)cnc1-c1ccc(Cl)c(Cl)c1Cl. The number of pyridine rings is 1. The molecular weight excluding hydrogens is 350 g/mol. The highest BCUT2D eigenvalue weighted by molar-refractivity contribution is 6.49. The van der Waals surface area contributed by atoms with E-state index in [0.717, 1.165) is 0 Å². The van der Waals surface area contributed by atoms with Crippen molar-refractivity contribution in [1.82, 2.24) is 4.98 Å². The van der Waals surface area contributed by atoms with Gasteiger partial charge in [-0.2, -0.15) is 13.2 Å². The molecule has 0 bridgehead atoms. The summed E-state index contributed by atoms with van der Waals surface area (Å²) in [5.74, 6) is 0. The Hall–Kier alpha value is -1.30. The van der Waals surface area contributed by atoms with E-state index in [-0.39, 0.29) is 38.2 Å². The van der Waals surface area contributed by atoms with Crippen molar-refractivity contribution in [3.8, 4) is 11.3 Å². The minimum atomic E-state index is -4.59. The molecule has 0 saturated carbocycles. The summed E-state index contributed by atoms with van der Waals surface area (Å²) in [7, 11) is 0. The van der Waals surface area contributed by atoms with E-state index in [1.54, 1.807) is 0 Å². The van der Waals surface area contributed by atoms with Crippen LogP contribution in [-0.2, 0) is 6.18 Å². The van der Waals surface area contributed by atoms with E-state index in [9.17, 15) is 18.0 Å². The average Bonchev–Trinajstić information content (AvgIpc) is 2.43. The lowest BCUT2D eigenvalue weighted by molar-refractivity contribution is -0.137. The van der Waals surface area contributed by atoms with E-state index in [2.05, 4.69) is 4.98 Å². The zero-order chi connectivity index (χ0) is 15.8. The molecule has 0 unspecified atom stereocenters. The second-order valence-corrected chi connectivity index (χ2v) is 5.16. The maximum absolute atomic E-state index is 12.6. The highest BCUT2D eigenvalue weighted by Gasteiger charge is 2.32. The van der Waals surface area contributed by atoms with Gasteiger partial charge in [-0.3, -0.25) is 9.78 Å². The molecule has 0 saturated heterocycles. The molecule has 0 spiro atoms. The number of carbonyl (C=O) groups excluding carboxylic acids is 1. The molecule has 0 aliphatic rings. The molecule has 110 valence electrons. The predicted molar refractivity (Wildman–Crippen MR) is 75.1 cm³/mol. The molecule has 8 heteroatoms. The quantitative estimate of drug-likeness (QED) is 0.523. The lowest BCUT2D eigenvalue weighted by atomic mass is 10.0. The minimum absolute atomic E-state index is 0.00145. The van der Waals surface area contributed by atoms with Gasteiger partial charge in [0, 0.05) is 17.3 Å². The van der Waals surface area contributed by atoms with Crippen LogP contribution in [0.25, 0.3) is 11.3 Å². The van der Waals surface area contributed by atoms with Gasteiger partial charge in [0.2, 0.25) is 0 Å². The number of aldehydes is 1. The topological polar surface area (TPSA) is 30.0 Å². The Bertz CT molecular complexity index is 717. The third-order valence-corrected chi connectivity index (χ3v) is 3.96. The highest BCUT2D eigenvalue weighted by atomic mass is 35.5. The molecule has 1 aromatic heterocycles. The number of aromatic nitrogens is 1. The van der Waals surface area contributed by atoms with Crippen molar-refractivity contribution >= 4 is 41.1 Å². The maximum atomic E-state index is 12.6. The molecule has 0 N–H and O–H groups in total. The molecule has 21 heavy (non-hydrogen) atoms. The van der Waals surface area contributed by atoms with Crippen LogP contribution in [0.3, 0.4) is 0 Å². The van der Waals surface area contributed by atoms with Gasteiger partial charge in [-0.1, -0.05) is 34.8 Å². The van der Waals surface area contributed by atoms with Crippen molar-refractivity contribution in [1.29, 1.82) is 0 Å². The largest absolute Gasteiger partial charge is 0.417 e. The van der Waals surface area contributed by atoms with Gasteiger partial charge in [0.1, 0.15) is 0 Å². The summed E-state index contributed by atoms with van der Waals surface area (Å²) in [6.07, 6.45) is -3.69. The number of hydrogen-bond acceptors (Lipinski definition) is 2. The maximum Gasteiger partial charge on any atom is 0.417 e. The number of alkyl halides is 3. The van der Waals surface area contributed by atoms with Crippen molar-refractivity contribution in [3.05, 3.63) is 50.6 Å². The van der Waals surface area contributed by atoms with Crippen LogP contribution in [0, 0.1) is 0 Å². The monoisotopic (exact) mass is 353 g/mol. The zero-order valence-corrected chi connectivity index (χ0v) is 12.3. The first-order valence-electron chi connectivity index (χ1n) is 5.42. The van der Waals surface area contributed by atoms with Crippen LogP contribution in [0.1, 0.15) is 15.9 Å². The Morgan fingerprint density at radius 3 is 2.33 bits per heavy atom. The number of rotatable bonds is 2. The second-order valence-electron chi connectivity index (χ2n) is 4.00. The summed E-state index contributed by atoms with van der Waals surface area (Å²) >= 11 is 17.6. The van der Waals surface area contributed by atoms with Gasteiger partial charge in [0.15, 0.2) is 6.29 Å².